The topological polar surface area (TPSA) is 66.4 Å². The van der Waals surface area contributed by atoms with Crippen molar-refractivity contribution in [2.75, 3.05) is 0 Å². The second kappa shape index (κ2) is 6.81. The van der Waals surface area contributed by atoms with Crippen molar-refractivity contribution in [1.82, 2.24) is 5.32 Å². The summed E-state index contributed by atoms with van der Waals surface area (Å²) in [6.07, 6.45) is -4.40. The molecule has 7 heteroatoms. The third-order valence-electron chi connectivity index (χ3n) is 3.42. The van der Waals surface area contributed by atoms with E-state index in [0.717, 1.165) is 12.1 Å². The van der Waals surface area contributed by atoms with Gasteiger partial charge in [-0.15, -0.1) is 0 Å². The summed E-state index contributed by atoms with van der Waals surface area (Å²) in [5, 5.41) is 11.8. The normalized spacial score (nSPS) is 14.2. The van der Waals surface area contributed by atoms with Gasteiger partial charge in [-0.05, 0) is 18.9 Å². The van der Waals surface area contributed by atoms with Crippen LogP contribution in [0.2, 0.25) is 0 Å². The average molecular weight is 317 g/mol. The number of carboxylic acid groups (broad SMARTS) is 1. The Morgan fingerprint density at radius 1 is 1.14 bits per heavy atom. The van der Waals surface area contributed by atoms with Crippen LogP contribution in [0.1, 0.15) is 44.2 Å². The molecule has 0 saturated heterocycles. The van der Waals surface area contributed by atoms with Crippen molar-refractivity contribution in [3.05, 3.63) is 35.4 Å². The molecular weight excluding hydrogens is 299 g/mol. The second-order valence-electron chi connectivity index (χ2n) is 4.91. The fraction of sp³-hybridized carbons (Fsp3) is 0.467. The third-order valence-corrected chi connectivity index (χ3v) is 3.42. The van der Waals surface area contributed by atoms with Gasteiger partial charge in [0, 0.05) is 12.0 Å². The Bertz CT molecular complexity index is 557. The Kier molecular flexibility index (Phi) is 5.57. The van der Waals surface area contributed by atoms with Gasteiger partial charge in [0.25, 0.3) is 0 Å². The van der Waals surface area contributed by atoms with E-state index in [0.29, 0.717) is 6.42 Å². The summed E-state index contributed by atoms with van der Waals surface area (Å²) >= 11 is 0. The molecule has 122 valence electrons. The maximum Gasteiger partial charge on any atom is 0.416 e. The van der Waals surface area contributed by atoms with Crippen molar-refractivity contribution in [1.29, 1.82) is 0 Å². The molecule has 0 radical (unpaired) electrons. The van der Waals surface area contributed by atoms with Crippen LogP contribution < -0.4 is 5.32 Å². The summed E-state index contributed by atoms with van der Waals surface area (Å²) in [6, 6.07) is 4.41. The molecule has 22 heavy (non-hydrogen) atoms. The highest BCUT2D eigenvalue weighted by Crippen LogP contribution is 2.38. The van der Waals surface area contributed by atoms with Crippen LogP contribution in [0, 0.1) is 0 Å². The number of aliphatic carboxylic acids is 1. The minimum atomic E-state index is -4.71. The number of alkyl halides is 3. The van der Waals surface area contributed by atoms with Crippen LogP contribution in [0.15, 0.2) is 24.3 Å². The molecule has 0 bridgehead atoms. The van der Waals surface area contributed by atoms with Gasteiger partial charge in [0.2, 0.25) is 5.91 Å². The van der Waals surface area contributed by atoms with Crippen molar-refractivity contribution >= 4 is 11.9 Å². The third kappa shape index (κ3) is 3.58. The fourth-order valence-corrected chi connectivity index (χ4v) is 2.30. The molecule has 1 rings (SSSR count). The zero-order valence-electron chi connectivity index (χ0n) is 12.3. The van der Waals surface area contributed by atoms with Crippen LogP contribution in [0.3, 0.4) is 0 Å². The summed E-state index contributed by atoms with van der Waals surface area (Å²) in [6.45, 7) is 3.14. The Hall–Kier alpha value is -2.05. The van der Waals surface area contributed by atoms with E-state index in [1.807, 2.05) is 0 Å². The van der Waals surface area contributed by atoms with Gasteiger partial charge in [-0.2, -0.15) is 13.2 Å². The first-order chi connectivity index (χ1) is 10.2. The number of carbonyl (C=O) groups is 2. The van der Waals surface area contributed by atoms with E-state index in [4.69, 9.17) is 0 Å². The molecule has 1 atom stereocenters. The van der Waals surface area contributed by atoms with E-state index in [1.54, 1.807) is 6.92 Å². The van der Waals surface area contributed by atoms with Gasteiger partial charge in [0.1, 0.15) is 0 Å². The fourth-order valence-electron chi connectivity index (χ4n) is 2.30. The monoisotopic (exact) mass is 317 g/mol. The van der Waals surface area contributed by atoms with Gasteiger partial charge in [0.15, 0.2) is 5.54 Å². The van der Waals surface area contributed by atoms with Crippen LogP contribution in [-0.2, 0) is 21.3 Å². The predicted octanol–water partition coefficient (Wildman–Crippen LogP) is 3.31. The minimum Gasteiger partial charge on any atom is -0.479 e. The molecule has 1 unspecified atom stereocenters. The highest BCUT2D eigenvalue weighted by atomic mass is 19.4. The van der Waals surface area contributed by atoms with Gasteiger partial charge in [-0.3, -0.25) is 4.79 Å². The van der Waals surface area contributed by atoms with Gasteiger partial charge in [-0.1, -0.05) is 32.0 Å². The van der Waals surface area contributed by atoms with Crippen LogP contribution >= 0.6 is 0 Å². The summed E-state index contributed by atoms with van der Waals surface area (Å²) in [7, 11) is 0. The van der Waals surface area contributed by atoms with E-state index in [-0.39, 0.29) is 12.8 Å². The first kappa shape index (κ1) is 18.0. The quantitative estimate of drug-likeness (QED) is 0.846. The highest BCUT2D eigenvalue weighted by molar-refractivity contribution is 5.88. The zero-order valence-corrected chi connectivity index (χ0v) is 12.3. The second-order valence-corrected chi connectivity index (χ2v) is 4.91. The molecule has 0 heterocycles. The molecule has 2 N–H and O–H groups in total. The summed E-state index contributed by atoms with van der Waals surface area (Å²) in [4.78, 5) is 23.5. The summed E-state index contributed by atoms with van der Waals surface area (Å²) in [5.41, 5.74) is -3.61. The van der Waals surface area contributed by atoms with Crippen LogP contribution in [0.25, 0.3) is 0 Å². The number of benzene rings is 1. The van der Waals surface area contributed by atoms with Crippen LogP contribution in [0.5, 0.6) is 0 Å². The van der Waals surface area contributed by atoms with E-state index in [9.17, 15) is 27.9 Å². The van der Waals surface area contributed by atoms with Crippen molar-refractivity contribution in [2.45, 2.75) is 44.8 Å². The highest BCUT2D eigenvalue weighted by Gasteiger charge is 2.46. The Balaban J connectivity index is 3.47. The van der Waals surface area contributed by atoms with Crippen molar-refractivity contribution in [2.24, 2.45) is 0 Å². The molecular formula is C15H18F3NO3. The van der Waals surface area contributed by atoms with Gasteiger partial charge in [0.05, 0.1) is 5.56 Å². The molecule has 0 aromatic heterocycles. The van der Waals surface area contributed by atoms with Gasteiger partial charge in [-0.25, -0.2) is 4.79 Å². The Labute approximate surface area is 126 Å². The number of amides is 1. The minimum absolute atomic E-state index is 0.0449. The number of hydrogen-bond donors (Lipinski definition) is 2. The number of nitrogens with one attached hydrogen (secondary N) is 1. The van der Waals surface area contributed by atoms with Crippen molar-refractivity contribution in [3.63, 3.8) is 0 Å². The number of carbonyl (C=O) groups excluding carboxylic acids is 1. The summed E-state index contributed by atoms with van der Waals surface area (Å²) in [5.74, 6) is -2.11. The lowest BCUT2D eigenvalue weighted by atomic mass is 9.83. The number of hydrogen-bond acceptors (Lipinski definition) is 2. The first-order valence-corrected chi connectivity index (χ1v) is 6.90. The van der Waals surface area contributed by atoms with Crippen molar-refractivity contribution in [3.8, 4) is 0 Å². The van der Waals surface area contributed by atoms with E-state index >= 15 is 0 Å². The van der Waals surface area contributed by atoms with E-state index < -0.39 is 34.7 Å². The molecule has 1 aromatic carbocycles. The molecule has 0 fully saturated rings. The number of halogens is 3. The molecule has 1 amide bonds. The van der Waals surface area contributed by atoms with E-state index in [1.165, 1.54) is 19.1 Å². The molecule has 0 aliphatic heterocycles. The predicted molar refractivity (Wildman–Crippen MR) is 74.1 cm³/mol. The smallest absolute Gasteiger partial charge is 0.416 e. The lowest BCUT2D eigenvalue weighted by Crippen LogP contribution is -2.52. The lowest BCUT2D eigenvalue weighted by Gasteiger charge is -2.32. The SMILES string of the molecule is CCCC(=O)NC(CC)(C(=O)O)c1ccccc1C(F)(F)F. The van der Waals surface area contributed by atoms with Gasteiger partial charge >= 0.3 is 12.1 Å². The lowest BCUT2D eigenvalue weighted by molar-refractivity contribution is -0.150. The number of rotatable bonds is 6. The zero-order chi connectivity index (χ0) is 17.0. The van der Waals surface area contributed by atoms with Gasteiger partial charge < -0.3 is 10.4 Å². The standard InChI is InChI=1S/C15H18F3NO3/c1-3-7-12(20)19-14(4-2,13(21)22)10-8-5-6-9-11(10)15(16,17)18/h5-6,8-9H,3-4,7H2,1-2H3,(H,19,20)(H,21,22). The average Bonchev–Trinajstić information content (AvgIpc) is 2.44. The first-order valence-electron chi connectivity index (χ1n) is 6.90. The summed E-state index contributed by atoms with van der Waals surface area (Å²) < 4.78 is 39.5. The number of carboxylic acids is 1. The Morgan fingerprint density at radius 2 is 1.68 bits per heavy atom. The molecule has 1 aromatic rings. The molecule has 0 spiro atoms. The molecule has 0 saturated carbocycles. The molecule has 4 nitrogen and oxygen atoms in total. The maximum atomic E-state index is 13.2. The molecule has 0 aliphatic rings. The van der Waals surface area contributed by atoms with Crippen LogP contribution in [-0.4, -0.2) is 17.0 Å². The Morgan fingerprint density at radius 3 is 2.09 bits per heavy atom. The maximum absolute atomic E-state index is 13.2. The van der Waals surface area contributed by atoms with E-state index in [2.05, 4.69) is 5.32 Å². The molecule has 0 aliphatic carbocycles. The largest absolute Gasteiger partial charge is 0.479 e. The van der Waals surface area contributed by atoms with Crippen molar-refractivity contribution < 1.29 is 27.9 Å². The van der Waals surface area contributed by atoms with Crippen LogP contribution in [0.4, 0.5) is 13.2 Å².